The van der Waals surface area contributed by atoms with Crippen LogP contribution in [0.25, 0.3) is 61.3 Å². The highest BCUT2D eigenvalue weighted by molar-refractivity contribution is 6.34. The van der Waals surface area contributed by atoms with E-state index in [1.165, 1.54) is 47.1 Å². The minimum atomic E-state index is -0.625. The Bertz CT molecular complexity index is 6320. The molecule has 12 heterocycles. The van der Waals surface area contributed by atoms with Gasteiger partial charge in [0, 0.05) is 98.4 Å². The molecule has 11 aromatic rings. The summed E-state index contributed by atoms with van der Waals surface area (Å²) < 4.78 is 47.8. The lowest BCUT2D eigenvalue weighted by atomic mass is 10.00. The maximum Gasteiger partial charge on any atom is 0.355 e. The number of carbonyl (C=O) groups is 3. The summed E-state index contributed by atoms with van der Waals surface area (Å²) in [4.78, 5) is 119. The summed E-state index contributed by atoms with van der Waals surface area (Å²) in [5.41, 5.74) is 8.81. The first-order chi connectivity index (χ1) is 61.3. The fraction of sp³-hybridized carbons (Fsp3) is 0.316. The quantitative estimate of drug-likeness (QED) is 0.0830. The van der Waals surface area contributed by atoms with Crippen molar-refractivity contribution in [2.45, 2.75) is 165 Å². The van der Waals surface area contributed by atoms with Crippen molar-refractivity contribution in [3.05, 3.63) is 272 Å². The lowest BCUT2D eigenvalue weighted by molar-refractivity contribution is -0.131. The number of amidine groups is 2. The van der Waals surface area contributed by atoms with Crippen molar-refractivity contribution in [2.24, 2.45) is 9.98 Å². The molecule has 25 nitrogen and oxygen atoms in total. The van der Waals surface area contributed by atoms with Crippen LogP contribution in [0.5, 0.6) is 5.75 Å². The highest BCUT2D eigenvalue weighted by Crippen LogP contribution is 2.48. The normalized spacial score (nSPS) is 18.1. The number of benzene rings is 4. The Kier molecular flexibility index (Phi) is 26.7. The number of halogens is 6. The van der Waals surface area contributed by atoms with Crippen LogP contribution in [-0.4, -0.2) is 184 Å². The molecule has 6 atom stereocenters. The van der Waals surface area contributed by atoms with E-state index in [2.05, 4.69) is 81.5 Å². The molecule has 3 amide bonds. The van der Waals surface area contributed by atoms with Crippen LogP contribution in [0.1, 0.15) is 152 Å². The van der Waals surface area contributed by atoms with Gasteiger partial charge in [-0.25, -0.2) is 67.4 Å². The van der Waals surface area contributed by atoms with Crippen LogP contribution >= 0.6 is 34.8 Å². The van der Waals surface area contributed by atoms with Gasteiger partial charge in [-0.05, 0) is 194 Å². The molecule has 3 saturated heterocycles. The van der Waals surface area contributed by atoms with Gasteiger partial charge < -0.3 is 34.5 Å². The highest BCUT2D eigenvalue weighted by Gasteiger charge is 2.43. The fourth-order valence-electron chi connectivity index (χ4n) is 17.6. The number of rotatable bonds is 13. The Labute approximate surface area is 763 Å². The molecular weight excluding hydrogens is 1700 g/mol. The number of carbonyl (C=O) groups excluding carboxylic acids is 3. The van der Waals surface area contributed by atoms with Crippen molar-refractivity contribution in [3.8, 4) is 45.2 Å². The SMILES string of the molecule is C=CC(=O)N1CC(C)N(C2=NC(=C)N(c3c(C)nc(C)nc3C(C)C)c3nc(-c4ccccc4F)c(Cl)cc32)CC1C.C=CC(=O)N1CC(C)N(C2=NC(=C)N(c3c(C)nc(Cl)nc3C(C)C)c3nc(-c4ccccc4F)c(Cl)cc32)CC1C.C=CC(=O)N1CC(C)N(c2nc(=O)n(-c3c(C)ccnc3C(C)C)c3nc(-c4cc(O)cc5ccccc45)c(F)cc23)CC1C. The van der Waals surface area contributed by atoms with Crippen molar-refractivity contribution in [1.29, 1.82) is 0 Å². The van der Waals surface area contributed by atoms with E-state index in [0.717, 1.165) is 28.0 Å². The van der Waals surface area contributed by atoms with Crippen LogP contribution in [0, 0.1) is 45.1 Å². The molecular formula is C98H102Cl3F3N20O5. The Balaban J connectivity index is 0.000000156. The van der Waals surface area contributed by atoms with Crippen molar-refractivity contribution in [3.63, 3.8) is 0 Å². The number of aromatic hydroxyl groups is 1. The minimum absolute atomic E-state index is 0.00430. The number of pyridine rings is 4. The number of piperazine rings is 3. The number of aliphatic imine (C=N–C) groups is 2. The van der Waals surface area contributed by atoms with Crippen molar-refractivity contribution >= 4 is 115 Å². The third-order valence-electron chi connectivity index (χ3n) is 23.8. The number of aromatic nitrogens is 10. The van der Waals surface area contributed by atoms with Gasteiger partial charge in [0.2, 0.25) is 23.0 Å². The molecule has 0 spiro atoms. The van der Waals surface area contributed by atoms with Crippen LogP contribution in [0.15, 0.2) is 193 Å². The van der Waals surface area contributed by atoms with E-state index in [9.17, 15) is 24.3 Å². The zero-order valence-electron chi connectivity index (χ0n) is 75.0. The molecule has 4 aromatic carbocycles. The molecule has 6 unspecified atom stereocenters. The van der Waals surface area contributed by atoms with Gasteiger partial charge in [-0.2, -0.15) is 4.98 Å². The summed E-state index contributed by atoms with van der Waals surface area (Å²) in [5, 5.41) is 13.0. The van der Waals surface area contributed by atoms with Crippen molar-refractivity contribution < 1.29 is 32.7 Å². The van der Waals surface area contributed by atoms with E-state index in [-0.39, 0.29) is 110 Å². The Hall–Kier alpha value is -13.1. The number of phenols is 1. The number of anilines is 5. The fourth-order valence-corrected chi connectivity index (χ4v) is 18.3. The summed E-state index contributed by atoms with van der Waals surface area (Å²) in [6.07, 6.45) is 5.68. The van der Waals surface area contributed by atoms with E-state index >= 15 is 13.2 Å². The van der Waals surface area contributed by atoms with Gasteiger partial charge in [-0.15, -0.1) is 0 Å². The monoisotopic (exact) mass is 1800 g/mol. The molecule has 31 heteroatoms. The van der Waals surface area contributed by atoms with Gasteiger partial charge in [0.05, 0.1) is 83.5 Å². The molecule has 7 aromatic heterocycles. The second-order valence-electron chi connectivity index (χ2n) is 34.0. The maximum absolute atomic E-state index is 16.4. The molecule has 0 aliphatic carbocycles. The highest BCUT2D eigenvalue weighted by atomic mass is 35.5. The van der Waals surface area contributed by atoms with Crippen LogP contribution in [0.4, 0.5) is 42.0 Å². The lowest BCUT2D eigenvalue weighted by Gasteiger charge is -2.46. The van der Waals surface area contributed by atoms with E-state index < -0.39 is 23.1 Å². The number of amides is 3. The van der Waals surface area contributed by atoms with Crippen LogP contribution in [0.3, 0.4) is 0 Å². The molecule has 0 radical (unpaired) electrons. The van der Waals surface area contributed by atoms with Gasteiger partial charge in [0.1, 0.15) is 63.9 Å². The summed E-state index contributed by atoms with van der Waals surface area (Å²) in [6, 6.07) is 29.2. The van der Waals surface area contributed by atoms with E-state index in [1.54, 1.807) is 75.5 Å². The predicted octanol–water partition coefficient (Wildman–Crippen LogP) is 19.3. The first-order valence-corrected chi connectivity index (χ1v) is 43.8. The standard InChI is InChI=1S/C35H35FN6O3.C32H35ClFN7O.C31H32Cl2FN7O/c1-7-29(44)40-17-22(6)41(18-21(40)5)33-27-16-28(36)31(26-15-24(43)14-23-10-8-9-11-25(23)26)38-34(27)42(35(45)39-33)32-20(4)12-13-37-30(32)19(2)3;1-9-27(42)39-15-19(5)40(16-18(39)4)31-24-14-25(33)29(23-12-10-11-13-26(23)34)38-32(24)41(22(8)37-31)30-20(6)35-21(7)36-28(30)17(2)3;1-8-25(42)39-14-18(5)40(15-17(39)4)29-22-13-23(32)27(21-11-9-10-12-24(21)34)37-30(22)41(20(7)36-29)28-19(6)35-31(33)38-26(28)16(2)3/h7-16,19,21-22,43H,1,17-18H2,2-6H3;9-14,17-19H,1,8,15-16H2,2-7H3;8-13,16-18H,1,7,14-15H2,2-6H3. The van der Waals surface area contributed by atoms with Crippen LogP contribution in [0.2, 0.25) is 15.3 Å². The van der Waals surface area contributed by atoms with Gasteiger partial charge >= 0.3 is 5.69 Å². The molecule has 666 valence electrons. The van der Waals surface area contributed by atoms with E-state index in [4.69, 9.17) is 64.7 Å². The Morgan fingerprint density at radius 1 is 0.457 bits per heavy atom. The van der Waals surface area contributed by atoms with Gasteiger partial charge in [-0.3, -0.25) is 29.2 Å². The number of phenolic OH excluding ortho intramolecular Hbond substituents is 1. The van der Waals surface area contributed by atoms with Crippen molar-refractivity contribution in [1.82, 2.24) is 73.9 Å². The average molecular weight is 1800 g/mol. The second kappa shape index (κ2) is 37.3. The van der Waals surface area contributed by atoms with Crippen LogP contribution < -0.4 is 20.4 Å². The summed E-state index contributed by atoms with van der Waals surface area (Å²) in [6.45, 7) is 54.0. The molecule has 1 N–H and O–H groups in total. The zero-order chi connectivity index (χ0) is 93.1. The lowest BCUT2D eigenvalue weighted by Crippen LogP contribution is -2.59. The zero-order valence-corrected chi connectivity index (χ0v) is 77.2. The number of nitrogens with zero attached hydrogens (tertiary/aromatic N) is 20. The van der Waals surface area contributed by atoms with Gasteiger partial charge in [0.15, 0.2) is 17.3 Å². The second-order valence-corrected chi connectivity index (χ2v) is 35.2. The first kappa shape index (κ1) is 92.1. The molecule has 5 aliphatic heterocycles. The van der Waals surface area contributed by atoms with Gasteiger partial charge in [0.25, 0.3) is 0 Å². The number of fused-ring (bicyclic) bond motifs is 4. The first-order valence-electron chi connectivity index (χ1n) is 42.7. The molecule has 0 bridgehead atoms. The average Bonchev–Trinajstić information content (AvgIpc) is 0.737. The minimum Gasteiger partial charge on any atom is -0.508 e. The molecule has 16 rings (SSSR count). The summed E-state index contributed by atoms with van der Waals surface area (Å²) >= 11 is 20.0. The predicted molar refractivity (Wildman–Crippen MR) is 506 cm³/mol. The molecule has 3 fully saturated rings. The van der Waals surface area contributed by atoms with Crippen LogP contribution in [-0.2, 0) is 14.4 Å². The van der Waals surface area contributed by atoms with Gasteiger partial charge in [-0.1, -0.05) is 146 Å². The van der Waals surface area contributed by atoms with E-state index in [1.807, 2.05) is 142 Å². The summed E-state index contributed by atoms with van der Waals surface area (Å²) in [5.74, 6) is 2.09. The molecule has 0 saturated carbocycles. The number of hydrogen-bond acceptors (Lipinski definition) is 21. The third kappa shape index (κ3) is 17.7. The topological polar surface area (TPSA) is 260 Å². The molecule has 129 heavy (non-hydrogen) atoms. The Morgan fingerprint density at radius 3 is 1.39 bits per heavy atom. The smallest absolute Gasteiger partial charge is 0.355 e. The van der Waals surface area contributed by atoms with Crippen molar-refractivity contribution in [2.75, 3.05) is 54.0 Å². The number of hydrogen-bond donors (Lipinski definition) is 1. The Morgan fingerprint density at radius 2 is 0.907 bits per heavy atom. The third-order valence-corrected chi connectivity index (χ3v) is 24.6. The molecule has 5 aliphatic rings. The number of aryl methyl sites for hydroxylation is 4. The summed E-state index contributed by atoms with van der Waals surface area (Å²) in [7, 11) is 0. The van der Waals surface area contributed by atoms with E-state index in [0.29, 0.717) is 158 Å². The largest absolute Gasteiger partial charge is 0.508 e. The maximum atomic E-state index is 16.4.